The molecule has 0 N–H and O–H groups in total. The number of hydrogen-bond donors (Lipinski definition) is 0. The Hall–Kier alpha value is -2.71. The molecule has 2 aromatic rings. The Bertz CT molecular complexity index is 868. The van der Waals surface area contributed by atoms with Crippen molar-refractivity contribution in [1.82, 2.24) is 29.9 Å². The summed E-state index contributed by atoms with van der Waals surface area (Å²) in [5.41, 5.74) is 2.73. The zero-order valence-corrected chi connectivity index (χ0v) is 16.1. The van der Waals surface area contributed by atoms with E-state index < -0.39 is 5.60 Å². The Kier molecular flexibility index (Phi) is 4.24. The Balaban J connectivity index is 1.69. The van der Waals surface area contributed by atoms with Gasteiger partial charge in [-0.15, -0.1) is 5.10 Å². The van der Waals surface area contributed by atoms with E-state index in [2.05, 4.69) is 20.3 Å². The molecule has 1 fully saturated rings. The highest BCUT2D eigenvalue weighted by molar-refractivity contribution is 5.72. The zero-order valence-electron chi connectivity index (χ0n) is 16.1. The van der Waals surface area contributed by atoms with Crippen molar-refractivity contribution in [2.75, 3.05) is 13.7 Å². The minimum atomic E-state index is -0.536. The molecule has 1 amide bonds. The monoisotopic (exact) mass is 372 g/mol. The van der Waals surface area contributed by atoms with Crippen LogP contribution in [0.4, 0.5) is 4.79 Å². The third-order valence-corrected chi connectivity index (χ3v) is 4.65. The van der Waals surface area contributed by atoms with Crippen LogP contribution in [-0.4, -0.2) is 55.2 Å². The molecule has 0 spiro atoms. The van der Waals surface area contributed by atoms with E-state index in [4.69, 9.17) is 9.47 Å². The smallest absolute Gasteiger partial charge is 0.410 e. The van der Waals surface area contributed by atoms with Crippen LogP contribution in [-0.2, 0) is 17.8 Å². The zero-order chi connectivity index (χ0) is 19.2. The number of rotatable bonds is 3. The topological polar surface area (TPSA) is 95.3 Å². The van der Waals surface area contributed by atoms with E-state index in [9.17, 15) is 4.79 Å². The average molecular weight is 372 g/mol. The molecular formula is C18H24N6O3. The lowest BCUT2D eigenvalue weighted by molar-refractivity contribution is 0.0194. The van der Waals surface area contributed by atoms with Crippen LogP contribution in [0.3, 0.4) is 0 Å². The summed E-state index contributed by atoms with van der Waals surface area (Å²) in [4.78, 5) is 22.9. The SMILES string of the molecule is COc1ncnc(C2CC2)c1-c1nnn2c1CN(C(=O)OC(C)(C)C)CC2. The number of methoxy groups -OCH3 is 1. The normalized spacial score (nSPS) is 16.8. The van der Waals surface area contributed by atoms with Crippen molar-refractivity contribution in [1.29, 1.82) is 0 Å². The quantitative estimate of drug-likeness (QED) is 0.816. The van der Waals surface area contributed by atoms with Crippen LogP contribution >= 0.6 is 0 Å². The van der Waals surface area contributed by atoms with Gasteiger partial charge in [0.2, 0.25) is 5.88 Å². The summed E-state index contributed by atoms with van der Waals surface area (Å²) in [6.45, 7) is 7.05. The summed E-state index contributed by atoms with van der Waals surface area (Å²) in [5.74, 6) is 0.893. The van der Waals surface area contributed by atoms with Gasteiger partial charge in [0.1, 0.15) is 17.6 Å². The van der Waals surface area contributed by atoms with E-state index in [0.717, 1.165) is 29.8 Å². The highest BCUT2D eigenvalue weighted by Crippen LogP contribution is 2.45. The van der Waals surface area contributed by atoms with Crippen LogP contribution in [0.5, 0.6) is 5.88 Å². The number of carbonyl (C=O) groups is 1. The number of fused-ring (bicyclic) bond motifs is 1. The van der Waals surface area contributed by atoms with Crippen LogP contribution in [0.15, 0.2) is 6.33 Å². The van der Waals surface area contributed by atoms with Gasteiger partial charge in [-0.25, -0.2) is 19.4 Å². The Morgan fingerprint density at radius 2 is 2.00 bits per heavy atom. The van der Waals surface area contributed by atoms with Gasteiger partial charge in [-0.1, -0.05) is 5.21 Å². The van der Waals surface area contributed by atoms with Crippen molar-refractivity contribution in [3.8, 4) is 17.1 Å². The molecule has 3 heterocycles. The third-order valence-electron chi connectivity index (χ3n) is 4.65. The number of carbonyl (C=O) groups excluding carboxylic acids is 1. The van der Waals surface area contributed by atoms with E-state index in [0.29, 0.717) is 37.1 Å². The van der Waals surface area contributed by atoms with E-state index in [1.807, 2.05) is 25.5 Å². The van der Waals surface area contributed by atoms with Crippen LogP contribution in [0.2, 0.25) is 0 Å². The maximum Gasteiger partial charge on any atom is 0.410 e. The maximum atomic E-state index is 12.5. The van der Waals surface area contributed by atoms with Crippen molar-refractivity contribution in [2.24, 2.45) is 0 Å². The van der Waals surface area contributed by atoms with Crippen LogP contribution < -0.4 is 4.74 Å². The molecule has 9 heteroatoms. The summed E-state index contributed by atoms with van der Waals surface area (Å²) >= 11 is 0. The van der Waals surface area contributed by atoms with Gasteiger partial charge < -0.3 is 14.4 Å². The first kappa shape index (κ1) is 17.7. The first-order chi connectivity index (χ1) is 12.9. The molecule has 0 radical (unpaired) electrons. The summed E-state index contributed by atoms with van der Waals surface area (Å²) in [5, 5.41) is 8.66. The molecule has 0 atom stereocenters. The molecule has 1 aliphatic heterocycles. The van der Waals surface area contributed by atoms with Gasteiger partial charge in [-0.3, -0.25) is 0 Å². The molecule has 4 rings (SSSR count). The fourth-order valence-corrected chi connectivity index (χ4v) is 3.25. The van der Waals surface area contributed by atoms with Gasteiger partial charge in [0, 0.05) is 12.5 Å². The number of ether oxygens (including phenoxy) is 2. The Labute approximate surface area is 157 Å². The Morgan fingerprint density at radius 3 is 2.67 bits per heavy atom. The molecule has 1 saturated carbocycles. The van der Waals surface area contributed by atoms with Crippen molar-refractivity contribution < 1.29 is 14.3 Å². The fraction of sp³-hybridized carbons (Fsp3) is 0.611. The van der Waals surface area contributed by atoms with Gasteiger partial charge in [0.25, 0.3) is 0 Å². The summed E-state index contributed by atoms with van der Waals surface area (Å²) < 4.78 is 12.8. The lowest BCUT2D eigenvalue weighted by Crippen LogP contribution is -2.41. The van der Waals surface area contributed by atoms with Gasteiger partial charge in [-0.2, -0.15) is 0 Å². The molecule has 2 aliphatic rings. The Morgan fingerprint density at radius 1 is 1.22 bits per heavy atom. The van der Waals surface area contributed by atoms with Crippen molar-refractivity contribution >= 4 is 6.09 Å². The predicted molar refractivity (Wildman–Crippen MR) is 96.2 cm³/mol. The summed E-state index contributed by atoms with van der Waals surface area (Å²) in [7, 11) is 1.59. The van der Waals surface area contributed by atoms with Gasteiger partial charge in [0.05, 0.1) is 37.2 Å². The van der Waals surface area contributed by atoms with Gasteiger partial charge >= 0.3 is 6.09 Å². The molecule has 1 aliphatic carbocycles. The summed E-state index contributed by atoms with van der Waals surface area (Å²) in [6.07, 6.45) is 3.39. The molecule has 0 unspecified atom stereocenters. The minimum absolute atomic E-state index is 0.334. The van der Waals surface area contributed by atoms with Crippen molar-refractivity contribution in [3.63, 3.8) is 0 Å². The number of hydrogen-bond acceptors (Lipinski definition) is 7. The van der Waals surface area contributed by atoms with Crippen LogP contribution in [0.25, 0.3) is 11.3 Å². The van der Waals surface area contributed by atoms with E-state index in [1.54, 1.807) is 12.0 Å². The van der Waals surface area contributed by atoms with Crippen molar-refractivity contribution in [2.45, 2.75) is 58.2 Å². The lowest BCUT2D eigenvalue weighted by Gasteiger charge is -2.30. The van der Waals surface area contributed by atoms with Crippen molar-refractivity contribution in [3.05, 3.63) is 17.7 Å². The maximum absolute atomic E-state index is 12.5. The fourth-order valence-electron chi connectivity index (χ4n) is 3.25. The second-order valence-corrected chi connectivity index (χ2v) is 7.93. The summed E-state index contributed by atoms with van der Waals surface area (Å²) in [6, 6.07) is 0. The molecule has 9 nitrogen and oxygen atoms in total. The van der Waals surface area contributed by atoms with E-state index in [-0.39, 0.29) is 6.09 Å². The molecule has 0 bridgehead atoms. The number of nitrogens with zero attached hydrogens (tertiary/aromatic N) is 6. The minimum Gasteiger partial charge on any atom is -0.480 e. The number of aromatic nitrogens is 5. The highest BCUT2D eigenvalue weighted by Gasteiger charge is 2.35. The van der Waals surface area contributed by atoms with Gasteiger partial charge in [0.15, 0.2) is 0 Å². The van der Waals surface area contributed by atoms with E-state index in [1.165, 1.54) is 6.33 Å². The molecule has 27 heavy (non-hydrogen) atoms. The second kappa shape index (κ2) is 6.47. The first-order valence-corrected chi connectivity index (χ1v) is 9.17. The van der Waals surface area contributed by atoms with Crippen LogP contribution in [0.1, 0.15) is 50.9 Å². The second-order valence-electron chi connectivity index (χ2n) is 7.93. The van der Waals surface area contributed by atoms with Gasteiger partial charge in [-0.05, 0) is 33.6 Å². The number of amides is 1. The average Bonchev–Trinajstić information content (AvgIpc) is 3.39. The highest BCUT2D eigenvalue weighted by atomic mass is 16.6. The molecule has 0 aromatic carbocycles. The molecule has 0 saturated heterocycles. The molecular weight excluding hydrogens is 348 g/mol. The predicted octanol–water partition coefficient (Wildman–Crippen LogP) is 2.37. The largest absolute Gasteiger partial charge is 0.480 e. The van der Waals surface area contributed by atoms with E-state index >= 15 is 0 Å². The molecule has 2 aromatic heterocycles. The van der Waals surface area contributed by atoms with Crippen LogP contribution in [0, 0.1) is 0 Å². The first-order valence-electron chi connectivity index (χ1n) is 9.17. The lowest BCUT2D eigenvalue weighted by atomic mass is 10.1. The molecule has 144 valence electrons. The standard InChI is InChI=1S/C18H24N6O3/c1-18(2,3)27-17(25)23-7-8-24-12(9-23)15(21-22-24)13-14(11-5-6-11)19-10-20-16(13)26-4/h10-11H,5-9H2,1-4H3. The third kappa shape index (κ3) is 3.45.